The van der Waals surface area contributed by atoms with Crippen molar-refractivity contribution in [3.63, 3.8) is 0 Å². The first kappa shape index (κ1) is 10.8. The standard InChI is InChI=1S/C12H12N6/c13-16-12(10-7-15-18-17-10)9-5-1-3-8-4-2-6-14-11(8)9/h1-7,12,16H,13H2,(H,15,17,18). The van der Waals surface area contributed by atoms with E-state index in [-0.39, 0.29) is 6.04 Å². The van der Waals surface area contributed by atoms with Gasteiger partial charge in [-0.2, -0.15) is 15.4 Å². The van der Waals surface area contributed by atoms with Gasteiger partial charge >= 0.3 is 0 Å². The predicted octanol–water partition coefficient (Wildman–Crippen LogP) is 0.906. The largest absolute Gasteiger partial charge is 0.271 e. The first-order valence-electron chi connectivity index (χ1n) is 5.55. The number of nitrogens with one attached hydrogen (secondary N) is 2. The van der Waals surface area contributed by atoms with Crippen LogP contribution in [0.4, 0.5) is 0 Å². The second kappa shape index (κ2) is 4.52. The first-order valence-corrected chi connectivity index (χ1v) is 5.55. The molecule has 0 aliphatic rings. The second-order valence-corrected chi connectivity index (χ2v) is 3.92. The van der Waals surface area contributed by atoms with Gasteiger partial charge in [0, 0.05) is 17.1 Å². The number of aromatic nitrogens is 4. The zero-order valence-corrected chi connectivity index (χ0v) is 9.54. The maximum absolute atomic E-state index is 5.63. The monoisotopic (exact) mass is 240 g/mol. The Morgan fingerprint density at radius 2 is 2.11 bits per heavy atom. The molecule has 0 amide bonds. The average Bonchev–Trinajstić information content (AvgIpc) is 2.94. The number of hydrazine groups is 1. The van der Waals surface area contributed by atoms with Gasteiger partial charge in [0.1, 0.15) is 5.69 Å². The fourth-order valence-electron chi connectivity index (χ4n) is 2.04. The van der Waals surface area contributed by atoms with E-state index in [1.165, 1.54) is 0 Å². The predicted molar refractivity (Wildman–Crippen MR) is 67.3 cm³/mol. The molecule has 1 atom stereocenters. The van der Waals surface area contributed by atoms with Crippen LogP contribution in [0.2, 0.25) is 0 Å². The van der Waals surface area contributed by atoms with E-state index >= 15 is 0 Å². The van der Waals surface area contributed by atoms with Crippen molar-refractivity contribution in [2.24, 2.45) is 5.84 Å². The maximum atomic E-state index is 5.63. The molecule has 0 bridgehead atoms. The van der Waals surface area contributed by atoms with Gasteiger partial charge in [-0.25, -0.2) is 5.43 Å². The summed E-state index contributed by atoms with van der Waals surface area (Å²) < 4.78 is 0. The molecular formula is C12H12N6. The van der Waals surface area contributed by atoms with Gasteiger partial charge in [0.15, 0.2) is 0 Å². The smallest absolute Gasteiger partial charge is 0.105 e. The quantitative estimate of drug-likeness (QED) is 0.467. The van der Waals surface area contributed by atoms with Crippen LogP contribution in [-0.4, -0.2) is 20.4 Å². The van der Waals surface area contributed by atoms with Crippen LogP contribution in [0, 0.1) is 0 Å². The lowest BCUT2D eigenvalue weighted by molar-refractivity contribution is 0.621. The van der Waals surface area contributed by atoms with Crippen molar-refractivity contribution < 1.29 is 0 Å². The molecule has 0 radical (unpaired) electrons. The number of aromatic amines is 1. The van der Waals surface area contributed by atoms with E-state index in [9.17, 15) is 0 Å². The number of nitrogens with zero attached hydrogens (tertiary/aromatic N) is 3. The van der Waals surface area contributed by atoms with Gasteiger partial charge in [-0.3, -0.25) is 10.8 Å². The number of hydrogen-bond acceptors (Lipinski definition) is 5. The van der Waals surface area contributed by atoms with E-state index in [0.717, 1.165) is 22.2 Å². The molecule has 3 aromatic rings. The summed E-state index contributed by atoms with van der Waals surface area (Å²) in [5.74, 6) is 5.63. The Labute approximate surface area is 103 Å². The van der Waals surface area contributed by atoms with E-state index in [4.69, 9.17) is 5.84 Å². The molecule has 1 unspecified atom stereocenters. The molecule has 2 heterocycles. The third kappa shape index (κ3) is 1.73. The number of nitrogens with two attached hydrogens (primary N) is 1. The lowest BCUT2D eigenvalue weighted by Crippen LogP contribution is -2.29. The molecule has 0 fully saturated rings. The van der Waals surface area contributed by atoms with Crippen LogP contribution < -0.4 is 11.3 Å². The third-order valence-electron chi connectivity index (χ3n) is 2.87. The minimum atomic E-state index is -0.234. The Balaban J connectivity index is 2.18. The van der Waals surface area contributed by atoms with E-state index in [0.29, 0.717) is 0 Å². The summed E-state index contributed by atoms with van der Waals surface area (Å²) in [6.45, 7) is 0. The van der Waals surface area contributed by atoms with Crippen molar-refractivity contribution in [3.8, 4) is 0 Å². The Bertz CT molecular complexity index is 643. The highest BCUT2D eigenvalue weighted by molar-refractivity contribution is 5.82. The van der Waals surface area contributed by atoms with Gasteiger partial charge in [-0.15, -0.1) is 0 Å². The molecule has 90 valence electrons. The van der Waals surface area contributed by atoms with Crippen LogP contribution in [-0.2, 0) is 0 Å². The summed E-state index contributed by atoms with van der Waals surface area (Å²) in [4.78, 5) is 4.41. The molecule has 2 aromatic heterocycles. The molecular weight excluding hydrogens is 228 g/mol. The van der Waals surface area contributed by atoms with Gasteiger partial charge in [0.05, 0.1) is 17.8 Å². The Morgan fingerprint density at radius 1 is 1.22 bits per heavy atom. The number of H-pyrrole nitrogens is 1. The zero-order valence-electron chi connectivity index (χ0n) is 9.54. The third-order valence-corrected chi connectivity index (χ3v) is 2.87. The molecule has 0 aliphatic carbocycles. The molecule has 3 rings (SSSR count). The number of rotatable bonds is 3. The highest BCUT2D eigenvalue weighted by atomic mass is 15.3. The Hall–Kier alpha value is -2.31. The number of para-hydroxylation sites is 1. The lowest BCUT2D eigenvalue weighted by atomic mass is 10.0. The van der Waals surface area contributed by atoms with Crippen molar-refractivity contribution in [2.75, 3.05) is 0 Å². The van der Waals surface area contributed by atoms with Gasteiger partial charge < -0.3 is 0 Å². The minimum absolute atomic E-state index is 0.234. The van der Waals surface area contributed by atoms with Crippen molar-refractivity contribution in [1.82, 2.24) is 25.8 Å². The molecule has 1 aromatic carbocycles. The first-order chi connectivity index (χ1) is 8.90. The number of benzene rings is 1. The van der Waals surface area contributed by atoms with Crippen LogP contribution in [0.1, 0.15) is 17.3 Å². The maximum Gasteiger partial charge on any atom is 0.105 e. The summed E-state index contributed by atoms with van der Waals surface area (Å²) in [5.41, 5.74) is 5.37. The number of hydrogen-bond donors (Lipinski definition) is 3. The highest BCUT2D eigenvalue weighted by Gasteiger charge is 2.17. The molecule has 0 saturated carbocycles. The Morgan fingerprint density at radius 3 is 2.89 bits per heavy atom. The molecule has 4 N–H and O–H groups in total. The fraction of sp³-hybridized carbons (Fsp3) is 0.0833. The molecule has 6 heteroatoms. The highest BCUT2D eigenvalue weighted by Crippen LogP contribution is 2.25. The summed E-state index contributed by atoms with van der Waals surface area (Å²) in [6, 6.07) is 9.66. The second-order valence-electron chi connectivity index (χ2n) is 3.92. The molecule has 0 aliphatic heterocycles. The Kier molecular flexibility index (Phi) is 2.71. The minimum Gasteiger partial charge on any atom is -0.271 e. The topological polar surface area (TPSA) is 92.5 Å². The summed E-state index contributed by atoms with van der Waals surface area (Å²) in [6.07, 6.45) is 3.41. The van der Waals surface area contributed by atoms with Crippen LogP contribution in [0.5, 0.6) is 0 Å². The van der Waals surface area contributed by atoms with E-state index in [2.05, 4.69) is 25.8 Å². The van der Waals surface area contributed by atoms with Crippen molar-refractivity contribution in [1.29, 1.82) is 0 Å². The molecule has 18 heavy (non-hydrogen) atoms. The number of pyridine rings is 1. The van der Waals surface area contributed by atoms with Gasteiger partial charge in [0.25, 0.3) is 0 Å². The summed E-state index contributed by atoms with van der Waals surface area (Å²) in [7, 11) is 0. The lowest BCUT2D eigenvalue weighted by Gasteiger charge is -2.15. The van der Waals surface area contributed by atoms with Crippen molar-refractivity contribution in [3.05, 3.63) is 54.0 Å². The molecule has 0 saturated heterocycles. The van der Waals surface area contributed by atoms with Gasteiger partial charge in [-0.05, 0) is 6.07 Å². The van der Waals surface area contributed by atoms with Crippen LogP contribution in [0.25, 0.3) is 10.9 Å². The van der Waals surface area contributed by atoms with Gasteiger partial charge in [-0.1, -0.05) is 24.3 Å². The average molecular weight is 240 g/mol. The van der Waals surface area contributed by atoms with Crippen molar-refractivity contribution >= 4 is 10.9 Å². The SMILES string of the molecule is NNC(c1cn[nH]n1)c1cccc2cccnc12. The van der Waals surface area contributed by atoms with Crippen LogP contribution in [0.15, 0.2) is 42.7 Å². The van der Waals surface area contributed by atoms with Crippen LogP contribution in [0.3, 0.4) is 0 Å². The van der Waals surface area contributed by atoms with E-state index in [1.807, 2.05) is 30.3 Å². The van der Waals surface area contributed by atoms with Crippen molar-refractivity contribution in [2.45, 2.75) is 6.04 Å². The normalized spacial score (nSPS) is 12.7. The van der Waals surface area contributed by atoms with E-state index in [1.54, 1.807) is 12.4 Å². The van der Waals surface area contributed by atoms with Gasteiger partial charge in [0.2, 0.25) is 0 Å². The zero-order chi connectivity index (χ0) is 12.4. The molecule has 6 nitrogen and oxygen atoms in total. The summed E-state index contributed by atoms with van der Waals surface area (Å²) >= 11 is 0. The van der Waals surface area contributed by atoms with E-state index < -0.39 is 0 Å². The fourth-order valence-corrected chi connectivity index (χ4v) is 2.04. The molecule has 0 spiro atoms. The number of fused-ring (bicyclic) bond motifs is 1. The van der Waals surface area contributed by atoms with Crippen LogP contribution >= 0.6 is 0 Å². The summed E-state index contributed by atoms with van der Waals surface area (Å²) in [5, 5.41) is 11.5.